The van der Waals surface area contributed by atoms with E-state index in [2.05, 4.69) is 17.4 Å². The van der Waals surface area contributed by atoms with E-state index in [1.54, 1.807) is 29.9 Å². The summed E-state index contributed by atoms with van der Waals surface area (Å²) in [5, 5.41) is 12.8. The van der Waals surface area contributed by atoms with Gasteiger partial charge in [-0.15, -0.1) is 11.8 Å². The van der Waals surface area contributed by atoms with Crippen LogP contribution in [0.2, 0.25) is 0 Å². The van der Waals surface area contributed by atoms with Crippen LogP contribution in [0.5, 0.6) is 11.5 Å². The molecule has 9 nitrogen and oxygen atoms in total. The van der Waals surface area contributed by atoms with Crippen molar-refractivity contribution in [2.24, 2.45) is 5.10 Å². The predicted molar refractivity (Wildman–Crippen MR) is 150 cm³/mol. The van der Waals surface area contributed by atoms with Gasteiger partial charge in [0, 0.05) is 17.3 Å². The maximum atomic E-state index is 12.4. The smallest absolute Gasteiger partial charge is 0.294 e. The highest BCUT2D eigenvalue weighted by Crippen LogP contribution is 2.37. The van der Waals surface area contributed by atoms with E-state index in [9.17, 15) is 9.59 Å². The van der Waals surface area contributed by atoms with Crippen LogP contribution in [0.3, 0.4) is 0 Å². The van der Waals surface area contributed by atoms with E-state index in [-0.39, 0.29) is 23.0 Å². The molecule has 1 N–H and O–H groups in total. The summed E-state index contributed by atoms with van der Waals surface area (Å²) < 4.78 is 16.8. The second kappa shape index (κ2) is 12.4. The van der Waals surface area contributed by atoms with Crippen LogP contribution < -0.4 is 14.8 Å². The van der Waals surface area contributed by atoms with Crippen LogP contribution >= 0.6 is 11.8 Å². The molecular formula is C29H32N4O5S. The Kier molecular flexibility index (Phi) is 8.51. The van der Waals surface area contributed by atoms with E-state index < -0.39 is 5.37 Å². The van der Waals surface area contributed by atoms with Crippen molar-refractivity contribution in [2.75, 3.05) is 12.4 Å². The number of thioether (sulfide) groups is 1. The van der Waals surface area contributed by atoms with E-state index in [0.717, 1.165) is 48.1 Å². The van der Waals surface area contributed by atoms with Crippen LogP contribution in [0.15, 0.2) is 64.4 Å². The minimum atomic E-state index is -0.432. The zero-order chi connectivity index (χ0) is 27.2. The molecule has 1 aromatic heterocycles. The van der Waals surface area contributed by atoms with E-state index in [1.165, 1.54) is 25.1 Å². The summed E-state index contributed by atoms with van der Waals surface area (Å²) in [7, 11) is 1.65. The first-order valence-electron chi connectivity index (χ1n) is 13.2. The Morgan fingerprint density at radius 2 is 2.03 bits per heavy atom. The molecule has 0 radical (unpaired) electrons. The Labute approximate surface area is 231 Å². The largest absolute Gasteiger partial charge is 0.493 e. The SMILES string of the molecule is CC[C@H]1SC(C=O)N(Cc2cccc(NC(=O)c3ccno3)c2)N=C1c1ccc(OC)c(OC2CCCC2)c1. The lowest BCUT2D eigenvalue weighted by atomic mass is 10.0. The molecule has 2 atom stereocenters. The van der Waals surface area contributed by atoms with Gasteiger partial charge in [0.2, 0.25) is 5.76 Å². The quantitative estimate of drug-likeness (QED) is 0.331. The molecule has 1 aliphatic carbocycles. The molecule has 2 heterocycles. The standard InChI is InChI=1S/C29H32N4O5S/c1-3-26-28(20-11-12-23(36-2)25(16-20)37-22-9-4-5-10-22)32-33(27(18-34)39-26)17-19-7-6-8-21(15-19)31-29(35)24-13-14-30-38-24/h6-8,11-16,18,22,26-27H,3-5,9-10,17H2,1-2H3,(H,31,35)/t26-,27?/m1/s1. The number of carbonyl (C=O) groups is 2. The second-order valence-electron chi connectivity index (χ2n) is 9.56. The molecule has 1 amide bonds. The molecule has 5 rings (SSSR count). The molecular weight excluding hydrogens is 516 g/mol. The molecule has 0 spiro atoms. The molecule has 1 unspecified atom stereocenters. The van der Waals surface area contributed by atoms with Crippen molar-refractivity contribution in [3.63, 3.8) is 0 Å². The number of hydrogen-bond donors (Lipinski definition) is 1. The first-order valence-corrected chi connectivity index (χ1v) is 14.1. The van der Waals surface area contributed by atoms with Gasteiger partial charge in [-0.05, 0) is 68.0 Å². The van der Waals surface area contributed by atoms with Gasteiger partial charge < -0.3 is 24.1 Å². The van der Waals surface area contributed by atoms with E-state index in [1.807, 2.05) is 36.4 Å². The van der Waals surface area contributed by atoms with Crippen LogP contribution in [-0.4, -0.2) is 51.9 Å². The molecule has 204 valence electrons. The maximum Gasteiger partial charge on any atom is 0.294 e. The summed E-state index contributed by atoms with van der Waals surface area (Å²) in [6, 6.07) is 14.9. The van der Waals surface area contributed by atoms with Gasteiger partial charge in [-0.2, -0.15) is 5.10 Å². The summed E-state index contributed by atoms with van der Waals surface area (Å²) in [6.45, 7) is 2.49. The van der Waals surface area contributed by atoms with E-state index in [0.29, 0.717) is 18.0 Å². The Bertz CT molecular complexity index is 1320. The number of anilines is 1. The number of aromatic nitrogens is 1. The Hall–Kier alpha value is -3.79. The monoisotopic (exact) mass is 548 g/mol. The van der Waals surface area contributed by atoms with Crippen molar-refractivity contribution in [3.8, 4) is 11.5 Å². The molecule has 1 saturated carbocycles. The number of ether oxygens (including phenoxy) is 2. The third-order valence-corrected chi connectivity index (χ3v) is 8.39. The maximum absolute atomic E-state index is 12.4. The Morgan fingerprint density at radius 1 is 1.18 bits per heavy atom. The molecule has 2 aliphatic rings. The van der Waals surface area contributed by atoms with Gasteiger partial charge >= 0.3 is 0 Å². The molecule has 1 fully saturated rings. The number of hydrazone groups is 1. The highest BCUT2D eigenvalue weighted by Gasteiger charge is 2.32. The van der Waals surface area contributed by atoms with Crippen molar-refractivity contribution < 1.29 is 23.6 Å². The van der Waals surface area contributed by atoms with Gasteiger partial charge in [0.25, 0.3) is 5.91 Å². The van der Waals surface area contributed by atoms with Crippen molar-refractivity contribution in [3.05, 3.63) is 71.6 Å². The van der Waals surface area contributed by atoms with Crippen LogP contribution in [-0.2, 0) is 11.3 Å². The van der Waals surface area contributed by atoms with Gasteiger partial charge in [-0.3, -0.25) is 9.80 Å². The summed E-state index contributed by atoms with van der Waals surface area (Å²) in [5.41, 5.74) is 3.36. The predicted octanol–water partition coefficient (Wildman–Crippen LogP) is 5.51. The molecule has 10 heteroatoms. The number of nitrogens with one attached hydrogen (secondary N) is 1. The number of benzene rings is 2. The fraction of sp³-hybridized carbons (Fsp3) is 0.379. The van der Waals surface area contributed by atoms with Crippen molar-refractivity contribution in [1.29, 1.82) is 0 Å². The van der Waals surface area contributed by atoms with E-state index in [4.69, 9.17) is 19.1 Å². The van der Waals surface area contributed by atoms with Gasteiger partial charge in [-0.1, -0.05) is 24.2 Å². The lowest BCUT2D eigenvalue weighted by Crippen LogP contribution is -2.39. The number of rotatable bonds is 10. The first kappa shape index (κ1) is 26.8. The number of nitrogens with zero attached hydrogens (tertiary/aromatic N) is 3. The Balaban J connectivity index is 1.40. The topological polar surface area (TPSA) is 106 Å². The number of amides is 1. The zero-order valence-corrected chi connectivity index (χ0v) is 22.9. The van der Waals surface area contributed by atoms with Crippen molar-refractivity contribution >= 4 is 35.4 Å². The Morgan fingerprint density at radius 3 is 2.74 bits per heavy atom. The fourth-order valence-electron chi connectivity index (χ4n) is 4.90. The third-order valence-electron chi connectivity index (χ3n) is 6.87. The number of aldehydes is 1. The summed E-state index contributed by atoms with van der Waals surface area (Å²) in [6.07, 6.45) is 7.85. The summed E-state index contributed by atoms with van der Waals surface area (Å²) in [4.78, 5) is 24.5. The molecule has 2 aromatic carbocycles. The third kappa shape index (κ3) is 6.27. The van der Waals surface area contributed by atoms with Crippen LogP contribution in [0.25, 0.3) is 0 Å². The lowest BCUT2D eigenvalue weighted by molar-refractivity contribution is -0.110. The normalized spacial score (nSPS) is 19.4. The number of carbonyl (C=O) groups excluding carboxylic acids is 2. The van der Waals surface area contributed by atoms with E-state index >= 15 is 0 Å². The highest BCUT2D eigenvalue weighted by molar-refractivity contribution is 8.01. The molecule has 0 bridgehead atoms. The average Bonchev–Trinajstić information content (AvgIpc) is 3.68. The van der Waals surface area contributed by atoms with Crippen LogP contribution in [0, 0.1) is 0 Å². The fourth-order valence-corrected chi connectivity index (χ4v) is 6.07. The van der Waals surface area contributed by atoms with Crippen LogP contribution in [0.1, 0.15) is 60.7 Å². The highest BCUT2D eigenvalue weighted by atomic mass is 32.2. The van der Waals surface area contributed by atoms with Crippen molar-refractivity contribution in [2.45, 2.75) is 62.3 Å². The van der Waals surface area contributed by atoms with Crippen LogP contribution in [0.4, 0.5) is 5.69 Å². The first-order chi connectivity index (χ1) is 19.1. The molecule has 3 aromatic rings. The van der Waals surface area contributed by atoms with Crippen molar-refractivity contribution in [1.82, 2.24) is 10.2 Å². The number of hydrogen-bond acceptors (Lipinski definition) is 9. The molecule has 39 heavy (non-hydrogen) atoms. The van der Waals surface area contributed by atoms with Gasteiger partial charge in [0.15, 0.2) is 17.8 Å². The second-order valence-corrected chi connectivity index (χ2v) is 10.9. The minimum Gasteiger partial charge on any atom is -0.493 e. The van der Waals surface area contributed by atoms with Gasteiger partial charge in [0.1, 0.15) is 5.37 Å². The number of methoxy groups -OCH3 is 1. The average molecular weight is 549 g/mol. The van der Waals surface area contributed by atoms with Gasteiger partial charge in [-0.25, -0.2) is 0 Å². The summed E-state index contributed by atoms with van der Waals surface area (Å²) in [5.74, 6) is 1.17. The minimum absolute atomic E-state index is 0.0525. The molecule has 0 saturated heterocycles. The zero-order valence-electron chi connectivity index (χ0n) is 22.0. The lowest BCUT2D eigenvalue weighted by Gasteiger charge is -2.35. The summed E-state index contributed by atoms with van der Waals surface area (Å²) >= 11 is 1.59. The molecule has 1 aliphatic heterocycles. The van der Waals surface area contributed by atoms with Gasteiger partial charge in [0.05, 0.1) is 36.9 Å².